The van der Waals surface area contributed by atoms with E-state index in [4.69, 9.17) is 4.52 Å². The molecule has 2 fully saturated rings. The third kappa shape index (κ3) is 4.86. The van der Waals surface area contributed by atoms with E-state index < -0.39 is 16.1 Å². The van der Waals surface area contributed by atoms with E-state index in [0.29, 0.717) is 17.5 Å². The topological polar surface area (TPSA) is 126 Å². The molecule has 0 radical (unpaired) electrons. The van der Waals surface area contributed by atoms with Gasteiger partial charge in [0.1, 0.15) is 10.9 Å². The second kappa shape index (κ2) is 9.67. The molecule has 2 amide bonds. The fourth-order valence-electron chi connectivity index (χ4n) is 4.46. The van der Waals surface area contributed by atoms with E-state index in [2.05, 4.69) is 15.5 Å². The molecule has 1 unspecified atom stereocenters. The number of piperazine rings is 1. The van der Waals surface area contributed by atoms with E-state index in [1.54, 1.807) is 11.6 Å². The molecule has 12 heteroatoms. The lowest BCUT2D eigenvalue weighted by atomic mass is 9.84. The Morgan fingerprint density at radius 2 is 2.09 bits per heavy atom. The van der Waals surface area contributed by atoms with Gasteiger partial charge in [-0.15, -0.1) is 11.3 Å². The lowest BCUT2D eigenvalue weighted by Crippen LogP contribution is -2.58. The van der Waals surface area contributed by atoms with Crippen LogP contribution in [0.15, 0.2) is 27.2 Å². The number of aromatic nitrogens is 2. The molecule has 2 aliphatic rings. The van der Waals surface area contributed by atoms with Crippen LogP contribution >= 0.6 is 11.3 Å². The molecule has 3 heterocycles. The summed E-state index contributed by atoms with van der Waals surface area (Å²) >= 11 is 1.32. The van der Waals surface area contributed by atoms with Crippen LogP contribution in [0.2, 0.25) is 0 Å². The number of amides is 2. The summed E-state index contributed by atoms with van der Waals surface area (Å²) in [6.07, 6.45) is 8.86. The van der Waals surface area contributed by atoms with Crippen LogP contribution in [0.1, 0.15) is 44.3 Å². The monoisotopic (exact) mass is 481 g/mol. The first-order valence-electron chi connectivity index (χ1n) is 10.8. The van der Waals surface area contributed by atoms with Crippen molar-refractivity contribution >= 4 is 38.3 Å². The quantitative estimate of drug-likeness (QED) is 0.643. The Hall–Kier alpha value is -2.31. The van der Waals surface area contributed by atoms with E-state index >= 15 is 0 Å². The highest BCUT2D eigenvalue weighted by Gasteiger charge is 2.40. The summed E-state index contributed by atoms with van der Waals surface area (Å²) in [4.78, 5) is 31.8. The summed E-state index contributed by atoms with van der Waals surface area (Å²) in [6, 6.07) is -0.656. The van der Waals surface area contributed by atoms with Crippen molar-refractivity contribution in [2.75, 3.05) is 25.0 Å². The van der Waals surface area contributed by atoms with Crippen LogP contribution in [0.25, 0.3) is 0 Å². The Kier molecular flexibility index (Phi) is 6.91. The molecule has 1 aliphatic heterocycles. The molecule has 4 rings (SSSR count). The van der Waals surface area contributed by atoms with Crippen molar-refractivity contribution in [1.29, 1.82) is 0 Å². The van der Waals surface area contributed by atoms with Gasteiger partial charge in [-0.1, -0.05) is 37.3 Å². The predicted molar refractivity (Wildman–Crippen MR) is 117 cm³/mol. The van der Waals surface area contributed by atoms with Gasteiger partial charge in [0.2, 0.25) is 21.8 Å². The summed E-state index contributed by atoms with van der Waals surface area (Å²) in [5, 5.41) is 8.61. The lowest BCUT2D eigenvalue weighted by Gasteiger charge is -2.39. The number of carbonyl (C=O) groups is 2. The zero-order chi connectivity index (χ0) is 22.7. The van der Waals surface area contributed by atoms with Crippen molar-refractivity contribution in [2.24, 2.45) is 5.92 Å². The van der Waals surface area contributed by atoms with Crippen molar-refractivity contribution in [3.8, 4) is 0 Å². The predicted octanol–water partition coefficient (Wildman–Crippen LogP) is 2.25. The number of aryl methyl sites for hydroxylation is 1. The second-order valence-corrected chi connectivity index (χ2v) is 11.1. The minimum atomic E-state index is -3.90. The maximum absolute atomic E-state index is 13.1. The molecule has 1 aliphatic carbocycles. The first-order valence-corrected chi connectivity index (χ1v) is 13.1. The maximum atomic E-state index is 13.1. The molecule has 174 valence electrons. The number of nitrogens with zero attached hydrogens (tertiary/aromatic N) is 4. The van der Waals surface area contributed by atoms with Crippen LogP contribution in [0.3, 0.4) is 0 Å². The number of nitrogens with one attached hydrogen (secondary N) is 1. The molecule has 32 heavy (non-hydrogen) atoms. The average molecular weight is 482 g/mol. The van der Waals surface area contributed by atoms with Crippen LogP contribution in [-0.2, 0) is 19.6 Å². The fraction of sp³-hybridized carbons (Fsp3) is 0.600. The van der Waals surface area contributed by atoms with Gasteiger partial charge in [-0.3, -0.25) is 9.59 Å². The van der Waals surface area contributed by atoms with E-state index in [-0.39, 0.29) is 42.1 Å². The van der Waals surface area contributed by atoms with Crippen LogP contribution in [0.4, 0.5) is 5.13 Å². The molecule has 10 nitrogen and oxygen atoms in total. The van der Waals surface area contributed by atoms with Gasteiger partial charge in [-0.2, -0.15) is 4.31 Å². The van der Waals surface area contributed by atoms with Gasteiger partial charge in [-0.05, 0) is 19.3 Å². The highest BCUT2D eigenvalue weighted by atomic mass is 32.2. The summed E-state index contributed by atoms with van der Waals surface area (Å²) < 4.78 is 31.9. The number of hydrogen-bond donors (Lipinski definition) is 1. The standard InChI is InChI=1S/C20H27N5O5S2/c1-14-17(12-22-30-14)32(28,29)24-8-9-25(18(26)13-24)16(11-15-5-3-2-4-6-15)19(27)23-20-21-7-10-31-20/h7,10,12,15-16H,2-6,8-9,11,13H2,1H3,(H,21,23,27). The molecule has 0 spiro atoms. The van der Waals surface area contributed by atoms with Crippen LogP contribution < -0.4 is 5.32 Å². The number of sulfonamides is 1. The summed E-state index contributed by atoms with van der Waals surface area (Å²) in [5.41, 5.74) is 0. The van der Waals surface area contributed by atoms with Crippen molar-refractivity contribution < 1.29 is 22.5 Å². The van der Waals surface area contributed by atoms with E-state index in [0.717, 1.165) is 36.2 Å². The van der Waals surface area contributed by atoms with Gasteiger partial charge >= 0.3 is 0 Å². The Balaban J connectivity index is 1.50. The third-order valence-corrected chi connectivity index (χ3v) is 8.80. The first kappa shape index (κ1) is 22.9. The molecule has 2 aromatic rings. The van der Waals surface area contributed by atoms with E-state index in [9.17, 15) is 18.0 Å². The van der Waals surface area contributed by atoms with Crippen molar-refractivity contribution in [3.63, 3.8) is 0 Å². The molecular weight excluding hydrogens is 454 g/mol. The van der Waals surface area contributed by atoms with Crippen molar-refractivity contribution in [3.05, 3.63) is 23.5 Å². The number of carbonyl (C=O) groups excluding carboxylic acids is 2. The summed E-state index contributed by atoms with van der Waals surface area (Å²) in [5.74, 6) is -0.114. The zero-order valence-corrected chi connectivity index (χ0v) is 19.5. The van der Waals surface area contributed by atoms with E-state index in [1.165, 1.54) is 29.6 Å². The second-order valence-electron chi connectivity index (χ2n) is 8.25. The van der Waals surface area contributed by atoms with Crippen LogP contribution in [0, 0.1) is 12.8 Å². The summed E-state index contributed by atoms with van der Waals surface area (Å²) in [7, 11) is -3.90. The zero-order valence-electron chi connectivity index (χ0n) is 17.9. The van der Waals surface area contributed by atoms with Gasteiger partial charge < -0.3 is 14.7 Å². The van der Waals surface area contributed by atoms with E-state index in [1.807, 2.05) is 0 Å². The number of hydrogen-bond acceptors (Lipinski definition) is 8. The van der Waals surface area contributed by atoms with Crippen LogP contribution in [-0.4, -0.2) is 65.3 Å². The molecule has 1 saturated carbocycles. The minimum Gasteiger partial charge on any atom is -0.360 e. The van der Waals surface area contributed by atoms with Crippen molar-refractivity contribution in [2.45, 2.75) is 56.4 Å². The first-order chi connectivity index (χ1) is 15.4. The molecule has 0 bridgehead atoms. The van der Waals surface area contributed by atoms with Gasteiger partial charge in [0, 0.05) is 24.7 Å². The molecule has 2 aromatic heterocycles. The Morgan fingerprint density at radius 3 is 2.72 bits per heavy atom. The van der Waals surface area contributed by atoms with Gasteiger partial charge in [0.05, 0.1) is 12.7 Å². The Labute approximate surface area is 191 Å². The molecule has 1 N–H and O–H groups in total. The SMILES string of the molecule is Cc1oncc1S(=O)(=O)N1CCN(C(CC2CCCCC2)C(=O)Nc2nccs2)C(=O)C1. The maximum Gasteiger partial charge on any atom is 0.248 e. The fourth-order valence-corrected chi connectivity index (χ4v) is 6.45. The van der Waals surface area contributed by atoms with Crippen LogP contribution in [0.5, 0.6) is 0 Å². The third-order valence-electron chi connectivity index (χ3n) is 6.17. The highest BCUT2D eigenvalue weighted by Crippen LogP contribution is 2.30. The minimum absolute atomic E-state index is 0.0426. The molecule has 1 atom stereocenters. The van der Waals surface area contributed by atoms with Gasteiger partial charge in [-0.25, -0.2) is 13.4 Å². The van der Waals surface area contributed by atoms with Gasteiger partial charge in [0.15, 0.2) is 10.9 Å². The summed E-state index contributed by atoms with van der Waals surface area (Å²) in [6.45, 7) is 1.44. The molecule has 0 aromatic carbocycles. The number of rotatable bonds is 7. The smallest absolute Gasteiger partial charge is 0.248 e. The highest BCUT2D eigenvalue weighted by molar-refractivity contribution is 7.89. The normalized spacial score (nSPS) is 19.8. The number of anilines is 1. The average Bonchev–Trinajstić information content (AvgIpc) is 3.45. The van der Waals surface area contributed by atoms with Gasteiger partial charge in [0.25, 0.3) is 0 Å². The van der Waals surface area contributed by atoms with Crippen molar-refractivity contribution in [1.82, 2.24) is 19.3 Å². The lowest BCUT2D eigenvalue weighted by molar-refractivity contribution is -0.142. The molecule has 1 saturated heterocycles. The largest absolute Gasteiger partial charge is 0.360 e. The number of thiazole rings is 1. The Bertz CT molecular complexity index is 1050. The Morgan fingerprint density at radius 1 is 1.31 bits per heavy atom. The molecular formula is C20H27N5O5S2.